The number of carbonyl (C=O) groups is 2. The Morgan fingerprint density at radius 3 is 2.72 bits per heavy atom. The van der Waals surface area contributed by atoms with E-state index < -0.39 is 0 Å². The van der Waals surface area contributed by atoms with Crippen LogP contribution in [0.5, 0.6) is 0 Å². The molecular weight excluding hydrogens is 252 g/mol. The van der Waals surface area contributed by atoms with Crippen molar-refractivity contribution < 1.29 is 9.59 Å². The van der Waals surface area contributed by atoms with Gasteiger partial charge in [-0.2, -0.15) is 0 Å². The molecule has 7 heteroatoms. The van der Waals surface area contributed by atoms with Gasteiger partial charge in [0.05, 0.1) is 6.54 Å². The lowest BCUT2D eigenvalue weighted by Gasteiger charge is -2.26. The first-order valence-electron chi connectivity index (χ1n) is 5.94. The molecule has 1 aromatic rings. The van der Waals surface area contributed by atoms with Crippen molar-refractivity contribution in [1.29, 1.82) is 0 Å². The number of nitrogens with zero attached hydrogens (tertiary/aromatic N) is 2. The number of nitrogens with one attached hydrogen (secondary N) is 1. The van der Waals surface area contributed by atoms with E-state index in [0.29, 0.717) is 5.13 Å². The third-order valence-corrected chi connectivity index (χ3v) is 3.54. The Morgan fingerprint density at radius 2 is 2.11 bits per heavy atom. The molecule has 1 aliphatic rings. The van der Waals surface area contributed by atoms with Crippen LogP contribution in [0.3, 0.4) is 0 Å². The van der Waals surface area contributed by atoms with Crippen molar-refractivity contribution in [2.24, 2.45) is 0 Å². The molecule has 0 spiro atoms. The third kappa shape index (κ3) is 3.19. The fourth-order valence-electron chi connectivity index (χ4n) is 1.89. The Balaban J connectivity index is 1.80. The molecule has 2 rings (SSSR count). The molecule has 0 aromatic carbocycles. The topological polar surface area (TPSA) is 88.3 Å². The molecule has 3 N–H and O–H groups in total. The molecule has 0 radical (unpaired) electrons. The number of thiazole rings is 1. The molecular formula is C11H16N4O2S. The second-order valence-corrected chi connectivity index (χ2v) is 5.08. The number of nitrogens with two attached hydrogens (primary N) is 1. The van der Waals surface area contributed by atoms with E-state index in [1.807, 2.05) is 0 Å². The monoisotopic (exact) mass is 268 g/mol. The van der Waals surface area contributed by atoms with E-state index in [0.717, 1.165) is 25.9 Å². The van der Waals surface area contributed by atoms with Gasteiger partial charge < -0.3 is 16.0 Å². The van der Waals surface area contributed by atoms with Crippen LogP contribution in [0, 0.1) is 0 Å². The first-order valence-corrected chi connectivity index (χ1v) is 6.82. The summed E-state index contributed by atoms with van der Waals surface area (Å²) in [7, 11) is 0. The number of anilines is 1. The lowest BCUT2D eigenvalue weighted by Crippen LogP contribution is -2.42. The Hall–Kier alpha value is -1.63. The van der Waals surface area contributed by atoms with E-state index >= 15 is 0 Å². The van der Waals surface area contributed by atoms with Crippen molar-refractivity contribution in [3.8, 4) is 0 Å². The molecule has 0 unspecified atom stereocenters. The molecule has 0 aliphatic carbocycles. The first-order chi connectivity index (χ1) is 8.66. The number of amides is 2. The highest BCUT2D eigenvalue weighted by molar-refractivity contribution is 7.13. The summed E-state index contributed by atoms with van der Waals surface area (Å²) in [4.78, 5) is 29.1. The van der Waals surface area contributed by atoms with Crippen LogP contribution in [-0.2, 0) is 4.79 Å². The molecule has 1 saturated heterocycles. The average molecular weight is 268 g/mol. The van der Waals surface area contributed by atoms with Gasteiger partial charge in [0.15, 0.2) is 5.13 Å². The standard InChI is InChI=1S/C11H16N4O2S/c12-11-14-8(7-18-11)10(17)13-6-9(16)15-4-2-1-3-5-15/h7H,1-6H2,(H2,12,14)(H,13,17). The Labute approximate surface area is 109 Å². The number of piperidine rings is 1. The number of rotatable bonds is 3. The van der Waals surface area contributed by atoms with Gasteiger partial charge in [0.1, 0.15) is 5.69 Å². The Kier molecular flexibility index (Phi) is 4.14. The summed E-state index contributed by atoms with van der Waals surface area (Å²) >= 11 is 1.21. The van der Waals surface area contributed by atoms with E-state index in [-0.39, 0.29) is 24.1 Å². The second-order valence-electron chi connectivity index (χ2n) is 4.20. The minimum absolute atomic E-state index is 0.0241. The minimum atomic E-state index is -0.353. The number of carbonyl (C=O) groups excluding carboxylic acids is 2. The zero-order valence-electron chi connectivity index (χ0n) is 10.0. The van der Waals surface area contributed by atoms with Gasteiger partial charge in [-0.15, -0.1) is 11.3 Å². The number of nitrogen functional groups attached to an aromatic ring is 1. The zero-order valence-corrected chi connectivity index (χ0v) is 10.8. The average Bonchev–Trinajstić information content (AvgIpc) is 2.83. The lowest BCUT2D eigenvalue weighted by molar-refractivity contribution is -0.130. The van der Waals surface area contributed by atoms with E-state index in [4.69, 9.17) is 5.73 Å². The number of hydrogen-bond acceptors (Lipinski definition) is 5. The van der Waals surface area contributed by atoms with Crippen LogP contribution in [-0.4, -0.2) is 41.3 Å². The molecule has 98 valence electrons. The fourth-order valence-corrected chi connectivity index (χ4v) is 2.44. The van der Waals surface area contributed by atoms with Gasteiger partial charge in [-0.3, -0.25) is 9.59 Å². The quantitative estimate of drug-likeness (QED) is 0.834. The summed E-state index contributed by atoms with van der Waals surface area (Å²) in [5.74, 6) is -0.389. The molecule has 6 nitrogen and oxygen atoms in total. The third-order valence-electron chi connectivity index (χ3n) is 2.86. The fraction of sp³-hybridized carbons (Fsp3) is 0.545. The molecule has 0 bridgehead atoms. The van der Waals surface area contributed by atoms with Gasteiger partial charge in [0.25, 0.3) is 5.91 Å². The smallest absolute Gasteiger partial charge is 0.271 e. The maximum absolute atomic E-state index is 11.8. The van der Waals surface area contributed by atoms with Crippen molar-refractivity contribution in [3.63, 3.8) is 0 Å². The van der Waals surface area contributed by atoms with Crippen molar-refractivity contribution in [1.82, 2.24) is 15.2 Å². The predicted octanol–water partition coefficient (Wildman–Crippen LogP) is 0.468. The van der Waals surface area contributed by atoms with Gasteiger partial charge in [-0.05, 0) is 19.3 Å². The normalized spacial score (nSPS) is 15.4. The number of aromatic nitrogens is 1. The van der Waals surface area contributed by atoms with Gasteiger partial charge in [-0.25, -0.2) is 4.98 Å². The Morgan fingerprint density at radius 1 is 1.39 bits per heavy atom. The van der Waals surface area contributed by atoms with Crippen LogP contribution in [0.1, 0.15) is 29.8 Å². The van der Waals surface area contributed by atoms with Crippen LogP contribution in [0.25, 0.3) is 0 Å². The number of hydrogen-bond donors (Lipinski definition) is 2. The SMILES string of the molecule is Nc1nc(C(=O)NCC(=O)N2CCCCC2)cs1. The summed E-state index contributed by atoms with van der Waals surface area (Å²) in [6, 6.07) is 0. The van der Waals surface area contributed by atoms with E-state index in [9.17, 15) is 9.59 Å². The lowest BCUT2D eigenvalue weighted by atomic mass is 10.1. The molecule has 1 aliphatic heterocycles. The maximum atomic E-state index is 11.8. The van der Waals surface area contributed by atoms with Crippen LogP contribution in [0.2, 0.25) is 0 Å². The minimum Gasteiger partial charge on any atom is -0.375 e. The molecule has 2 heterocycles. The van der Waals surface area contributed by atoms with Gasteiger partial charge in [-0.1, -0.05) is 0 Å². The van der Waals surface area contributed by atoms with Crippen molar-refractivity contribution >= 4 is 28.3 Å². The molecule has 18 heavy (non-hydrogen) atoms. The molecule has 1 fully saturated rings. The summed E-state index contributed by atoms with van der Waals surface area (Å²) in [6.07, 6.45) is 3.26. The van der Waals surface area contributed by atoms with Crippen LogP contribution < -0.4 is 11.1 Å². The molecule has 0 atom stereocenters. The van der Waals surface area contributed by atoms with Crippen LogP contribution in [0.4, 0.5) is 5.13 Å². The highest BCUT2D eigenvalue weighted by Crippen LogP contribution is 2.11. The van der Waals surface area contributed by atoms with Crippen LogP contribution >= 0.6 is 11.3 Å². The molecule has 2 amide bonds. The summed E-state index contributed by atoms with van der Waals surface area (Å²) in [5, 5.41) is 4.50. The summed E-state index contributed by atoms with van der Waals surface area (Å²) < 4.78 is 0. The molecule has 0 saturated carbocycles. The summed E-state index contributed by atoms with van der Waals surface area (Å²) in [6.45, 7) is 1.60. The predicted molar refractivity (Wildman–Crippen MR) is 69.3 cm³/mol. The van der Waals surface area contributed by atoms with E-state index in [1.165, 1.54) is 17.8 Å². The van der Waals surface area contributed by atoms with Crippen LogP contribution in [0.15, 0.2) is 5.38 Å². The van der Waals surface area contributed by atoms with E-state index in [2.05, 4.69) is 10.3 Å². The van der Waals surface area contributed by atoms with Gasteiger partial charge in [0, 0.05) is 18.5 Å². The highest BCUT2D eigenvalue weighted by atomic mass is 32.1. The zero-order chi connectivity index (χ0) is 13.0. The highest BCUT2D eigenvalue weighted by Gasteiger charge is 2.17. The first kappa shape index (κ1) is 12.8. The largest absolute Gasteiger partial charge is 0.375 e. The van der Waals surface area contributed by atoms with Gasteiger partial charge >= 0.3 is 0 Å². The Bertz CT molecular complexity index is 440. The van der Waals surface area contributed by atoms with Crippen molar-refractivity contribution in [2.75, 3.05) is 25.4 Å². The maximum Gasteiger partial charge on any atom is 0.271 e. The second kappa shape index (κ2) is 5.81. The van der Waals surface area contributed by atoms with Crippen molar-refractivity contribution in [3.05, 3.63) is 11.1 Å². The van der Waals surface area contributed by atoms with Crippen molar-refractivity contribution in [2.45, 2.75) is 19.3 Å². The summed E-state index contributed by atoms with van der Waals surface area (Å²) in [5.41, 5.74) is 5.71. The number of likely N-dealkylation sites (tertiary alicyclic amines) is 1. The van der Waals surface area contributed by atoms with E-state index in [1.54, 1.807) is 10.3 Å². The van der Waals surface area contributed by atoms with Gasteiger partial charge in [0.2, 0.25) is 5.91 Å². The molecule has 1 aromatic heterocycles.